The first-order valence-electron chi connectivity index (χ1n) is 11.0. The number of nitrogens with one attached hydrogen (secondary N) is 1. The van der Waals surface area contributed by atoms with Gasteiger partial charge in [0.2, 0.25) is 5.91 Å². The van der Waals surface area contributed by atoms with E-state index in [0.29, 0.717) is 18.0 Å². The average molecular weight is 449 g/mol. The van der Waals surface area contributed by atoms with E-state index in [1.165, 1.54) is 13.0 Å². The molecule has 0 saturated carbocycles. The number of carbonyl (C=O) groups is 2. The smallest absolute Gasteiger partial charge is 0.253 e. The summed E-state index contributed by atoms with van der Waals surface area (Å²) in [5.41, 5.74) is 0.435. The Balaban J connectivity index is 2.09. The van der Waals surface area contributed by atoms with E-state index in [4.69, 9.17) is 4.74 Å². The number of anilines is 1. The molecule has 2 rings (SSSR count). The fourth-order valence-corrected chi connectivity index (χ4v) is 3.37. The van der Waals surface area contributed by atoms with E-state index in [1.54, 1.807) is 23.1 Å². The maximum absolute atomic E-state index is 13.1. The van der Waals surface area contributed by atoms with Crippen molar-refractivity contribution >= 4 is 17.5 Å². The van der Waals surface area contributed by atoms with Crippen LogP contribution in [0.15, 0.2) is 36.4 Å². The van der Waals surface area contributed by atoms with Gasteiger partial charge in [-0.2, -0.15) is 0 Å². The number of fused-ring (bicyclic) bond motifs is 1. The van der Waals surface area contributed by atoms with Gasteiger partial charge in [-0.1, -0.05) is 58.9 Å². The van der Waals surface area contributed by atoms with Gasteiger partial charge in [0.25, 0.3) is 5.91 Å². The molecule has 1 heterocycles. The van der Waals surface area contributed by atoms with E-state index in [2.05, 4.69) is 5.32 Å². The van der Waals surface area contributed by atoms with Gasteiger partial charge >= 0.3 is 0 Å². The summed E-state index contributed by atoms with van der Waals surface area (Å²) < 4.78 is 5.76. The summed E-state index contributed by atoms with van der Waals surface area (Å²) in [4.78, 5) is 27.5. The van der Waals surface area contributed by atoms with Crippen LogP contribution >= 0.6 is 0 Å². The second-order valence-corrected chi connectivity index (χ2v) is 9.32. The lowest BCUT2D eigenvalue weighted by atomic mass is 9.92. The number of aliphatic hydroxyl groups excluding tert-OH is 3. The molecule has 1 aromatic rings. The predicted octanol–water partition coefficient (Wildman–Crippen LogP) is 1.63. The fourth-order valence-electron chi connectivity index (χ4n) is 3.37. The molecule has 0 radical (unpaired) electrons. The molecule has 0 fully saturated rings. The SMILES string of the molecule is CCCN1C(=O)C(NC(=O)[C@H](C)[C@H](O)[C@@H](O)[C@H](O)/C=C/C(C)(C)C)COc2ccccc21. The third kappa shape index (κ3) is 6.54. The van der Waals surface area contributed by atoms with Crippen molar-refractivity contribution in [3.8, 4) is 5.75 Å². The largest absolute Gasteiger partial charge is 0.489 e. The van der Waals surface area contributed by atoms with Crippen molar-refractivity contribution in [1.82, 2.24) is 5.32 Å². The molecule has 1 unspecified atom stereocenters. The number of rotatable bonds is 8. The van der Waals surface area contributed by atoms with Gasteiger partial charge < -0.3 is 30.3 Å². The lowest BCUT2D eigenvalue weighted by Gasteiger charge is -2.28. The quantitative estimate of drug-likeness (QED) is 0.449. The number of aliphatic hydroxyl groups is 3. The predicted molar refractivity (Wildman–Crippen MR) is 122 cm³/mol. The summed E-state index contributed by atoms with van der Waals surface area (Å²) in [7, 11) is 0. The molecular formula is C24H36N2O6. The number of para-hydroxylation sites is 2. The first kappa shape index (κ1) is 25.8. The molecular weight excluding hydrogens is 412 g/mol. The molecule has 0 spiro atoms. The highest BCUT2D eigenvalue weighted by molar-refractivity contribution is 6.01. The first-order chi connectivity index (χ1) is 15.0. The van der Waals surface area contributed by atoms with Gasteiger partial charge in [0.05, 0.1) is 17.7 Å². The summed E-state index contributed by atoms with van der Waals surface area (Å²) in [6, 6.07) is 6.24. The van der Waals surface area contributed by atoms with Crippen LogP contribution in [0.4, 0.5) is 5.69 Å². The second kappa shape index (κ2) is 10.9. The standard InChI is InChI=1S/C24H36N2O6/c1-6-13-26-17-9-7-8-10-19(17)32-14-16(23(26)31)25-22(30)15(2)20(28)21(29)18(27)11-12-24(3,4)5/h7-12,15-16,18,20-21,27-29H,6,13-14H2,1-5H3,(H,25,30)/b12-11+/t15-,16?,18-,20+,21+/m1/s1. The van der Waals surface area contributed by atoms with Crippen LogP contribution in [-0.4, -0.2) is 64.6 Å². The maximum atomic E-state index is 13.1. The molecule has 32 heavy (non-hydrogen) atoms. The number of allylic oxidation sites excluding steroid dienone is 1. The van der Waals surface area contributed by atoms with Crippen molar-refractivity contribution in [1.29, 1.82) is 0 Å². The molecule has 8 heteroatoms. The maximum Gasteiger partial charge on any atom is 0.253 e. The Morgan fingerprint density at radius 3 is 2.53 bits per heavy atom. The van der Waals surface area contributed by atoms with E-state index in [1.807, 2.05) is 39.8 Å². The van der Waals surface area contributed by atoms with Gasteiger partial charge in [0.1, 0.15) is 30.6 Å². The highest BCUT2D eigenvalue weighted by Gasteiger charge is 2.36. The lowest BCUT2D eigenvalue weighted by Crippen LogP contribution is -2.54. The Morgan fingerprint density at radius 1 is 1.25 bits per heavy atom. The average Bonchev–Trinajstić information content (AvgIpc) is 2.87. The van der Waals surface area contributed by atoms with Crippen molar-refractivity contribution < 1.29 is 29.6 Å². The lowest BCUT2D eigenvalue weighted by molar-refractivity contribution is -0.137. The van der Waals surface area contributed by atoms with E-state index >= 15 is 0 Å². The molecule has 178 valence electrons. The fraction of sp³-hybridized carbons (Fsp3) is 0.583. The molecule has 0 aromatic heterocycles. The summed E-state index contributed by atoms with van der Waals surface area (Å²) in [5, 5.41) is 33.6. The molecule has 2 amide bonds. The molecule has 4 N–H and O–H groups in total. The number of benzene rings is 1. The van der Waals surface area contributed by atoms with Crippen LogP contribution < -0.4 is 15.0 Å². The van der Waals surface area contributed by atoms with Crippen LogP contribution in [0.3, 0.4) is 0 Å². The van der Waals surface area contributed by atoms with Crippen LogP contribution in [0, 0.1) is 11.3 Å². The highest BCUT2D eigenvalue weighted by Crippen LogP contribution is 2.31. The van der Waals surface area contributed by atoms with E-state index in [9.17, 15) is 24.9 Å². The topological polar surface area (TPSA) is 119 Å². The molecule has 0 aliphatic carbocycles. The van der Waals surface area contributed by atoms with Gasteiger partial charge in [-0.25, -0.2) is 0 Å². The van der Waals surface area contributed by atoms with Crippen LogP contribution in [0.5, 0.6) is 5.75 Å². The van der Waals surface area contributed by atoms with Crippen LogP contribution in [0.1, 0.15) is 41.0 Å². The monoisotopic (exact) mass is 448 g/mol. The Bertz CT molecular complexity index is 819. The number of hydrogen-bond acceptors (Lipinski definition) is 6. The third-order valence-corrected chi connectivity index (χ3v) is 5.31. The van der Waals surface area contributed by atoms with Crippen LogP contribution in [0.25, 0.3) is 0 Å². The van der Waals surface area contributed by atoms with Crippen molar-refractivity contribution in [2.24, 2.45) is 11.3 Å². The van der Waals surface area contributed by atoms with E-state index in [-0.39, 0.29) is 17.9 Å². The zero-order chi connectivity index (χ0) is 24.1. The van der Waals surface area contributed by atoms with Gasteiger partial charge in [-0.3, -0.25) is 9.59 Å². The minimum atomic E-state index is -1.56. The molecule has 5 atom stereocenters. The van der Waals surface area contributed by atoms with Crippen molar-refractivity contribution in [2.75, 3.05) is 18.1 Å². The Kier molecular flexibility index (Phi) is 8.83. The number of hydrogen-bond donors (Lipinski definition) is 4. The molecule has 0 bridgehead atoms. The second-order valence-electron chi connectivity index (χ2n) is 9.32. The third-order valence-electron chi connectivity index (χ3n) is 5.31. The molecule has 1 aliphatic rings. The Morgan fingerprint density at radius 2 is 1.91 bits per heavy atom. The minimum absolute atomic E-state index is 0.0515. The molecule has 1 aliphatic heterocycles. The summed E-state index contributed by atoms with van der Waals surface area (Å²) in [6.45, 7) is 9.60. The zero-order valence-corrected chi connectivity index (χ0v) is 19.5. The van der Waals surface area contributed by atoms with Crippen molar-refractivity contribution in [3.63, 3.8) is 0 Å². The number of nitrogens with zero attached hydrogens (tertiary/aromatic N) is 1. The highest BCUT2D eigenvalue weighted by atomic mass is 16.5. The Hall–Kier alpha value is -2.42. The number of amides is 2. The van der Waals surface area contributed by atoms with Crippen molar-refractivity contribution in [2.45, 2.75) is 65.4 Å². The normalized spacial score (nSPS) is 20.7. The van der Waals surface area contributed by atoms with Gasteiger partial charge in [-0.15, -0.1) is 0 Å². The van der Waals surface area contributed by atoms with E-state index in [0.717, 1.165) is 6.42 Å². The van der Waals surface area contributed by atoms with Gasteiger partial charge in [0.15, 0.2) is 0 Å². The van der Waals surface area contributed by atoms with Gasteiger partial charge in [-0.05, 0) is 24.0 Å². The first-order valence-corrected chi connectivity index (χ1v) is 11.0. The van der Waals surface area contributed by atoms with Crippen molar-refractivity contribution in [3.05, 3.63) is 36.4 Å². The van der Waals surface area contributed by atoms with Gasteiger partial charge in [0, 0.05) is 6.54 Å². The Labute approximate surface area is 189 Å². The summed E-state index contributed by atoms with van der Waals surface area (Å²) in [6.07, 6.45) is -0.573. The summed E-state index contributed by atoms with van der Waals surface area (Å²) in [5.74, 6) is -1.43. The molecule has 1 aromatic carbocycles. The molecule has 8 nitrogen and oxygen atoms in total. The molecule has 0 saturated heterocycles. The van der Waals surface area contributed by atoms with Crippen LogP contribution in [0.2, 0.25) is 0 Å². The number of carbonyl (C=O) groups excluding carboxylic acids is 2. The minimum Gasteiger partial charge on any atom is -0.489 e. The van der Waals surface area contributed by atoms with Crippen LogP contribution in [-0.2, 0) is 9.59 Å². The number of ether oxygens (including phenoxy) is 1. The zero-order valence-electron chi connectivity index (χ0n) is 19.5. The summed E-state index contributed by atoms with van der Waals surface area (Å²) >= 11 is 0. The van der Waals surface area contributed by atoms with E-state index < -0.39 is 36.2 Å².